The first-order chi connectivity index (χ1) is 4.81. The van der Waals surface area contributed by atoms with Crippen LogP contribution in [0, 0.1) is 0 Å². The molecule has 0 bridgehead atoms. The second-order valence-electron chi connectivity index (χ2n) is 1.71. The summed E-state index contributed by atoms with van der Waals surface area (Å²) in [5.74, 6) is -0.323. The lowest BCUT2D eigenvalue weighted by Crippen LogP contribution is -1.94. The van der Waals surface area contributed by atoms with Gasteiger partial charge in [0.25, 0.3) is 0 Å². The monoisotopic (exact) mass is 144 g/mol. The van der Waals surface area contributed by atoms with Gasteiger partial charge in [0.05, 0.1) is 7.11 Å². The van der Waals surface area contributed by atoms with Crippen LogP contribution in [0.25, 0.3) is 0 Å². The van der Waals surface area contributed by atoms with Gasteiger partial charge < -0.3 is 9.47 Å². The second kappa shape index (κ2) is 6.29. The molecule has 0 heterocycles. The Morgan fingerprint density at radius 1 is 1.50 bits per heavy atom. The molecular weight excluding hydrogens is 132 g/mol. The summed E-state index contributed by atoms with van der Waals surface area (Å²) in [6.07, 6.45) is 3.85. The first-order valence-corrected chi connectivity index (χ1v) is 3.04. The Hall–Kier alpha value is -0.830. The topological polar surface area (TPSA) is 35.5 Å². The van der Waals surface area contributed by atoms with Crippen LogP contribution >= 0.6 is 0 Å². The lowest BCUT2D eigenvalue weighted by atomic mass is 10.4. The zero-order chi connectivity index (χ0) is 7.82. The highest BCUT2D eigenvalue weighted by Crippen LogP contribution is 1.84. The zero-order valence-electron chi connectivity index (χ0n) is 6.29. The van der Waals surface area contributed by atoms with Crippen LogP contribution in [-0.4, -0.2) is 26.8 Å². The van der Waals surface area contributed by atoms with Gasteiger partial charge >= 0.3 is 5.97 Å². The second-order valence-corrected chi connectivity index (χ2v) is 1.71. The molecule has 3 heteroatoms. The summed E-state index contributed by atoms with van der Waals surface area (Å²) in [5, 5.41) is 0. The molecule has 0 saturated heterocycles. The fourth-order valence-corrected chi connectivity index (χ4v) is 0.433. The Morgan fingerprint density at radius 2 is 2.20 bits per heavy atom. The summed E-state index contributed by atoms with van der Waals surface area (Å²) < 4.78 is 9.12. The molecule has 0 atom stereocenters. The average Bonchev–Trinajstić information content (AvgIpc) is 1.98. The lowest BCUT2D eigenvalue weighted by Gasteiger charge is -1.90. The number of carbonyl (C=O) groups excluding carboxylic acids is 1. The number of hydrogen-bond donors (Lipinski definition) is 0. The highest BCUT2D eigenvalue weighted by Gasteiger charge is 1.87. The number of carbonyl (C=O) groups is 1. The molecule has 0 aliphatic carbocycles. The summed E-state index contributed by atoms with van der Waals surface area (Å²) in [6.45, 7) is 0.632. The molecule has 0 spiro atoms. The van der Waals surface area contributed by atoms with Crippen molar-refractivity contribution in [2.24, 2.45) is 0 Å². The van der Waals surface area contributed by atoms with E-state index in [1.807, 2.05) is 0 Å². The minimum Gasteiger partial charge on any atom is -0.466 e. The van der Waals surface area contributed by atoms with Crippen LogP contribution in [0.3, 0.4) is 0 Å². The molecule has 0 aliphatic rings. The van der Waals surface area contributed by atoms with Crippen molar-refractivity contribution in [1.29, 1.82) is 0 Å². The SMILES string of the molecule is COCC/C=C/C(=O)OC. The molecule has 0 fully saturated rings. The molecule has 0 aromatic carbocycles. The van der Waals surface area contributed by atoms with E-state index in [4.69, 9.17) is 4.74 Å². The molecule has 0 amide bonds. The van der Waals surface area contributed by atoms with E-state index in [1.165, 1.54) is 13.2 Å². The van der Waals surface area contributed by atoms with Gasteiger partial charge in [-0.3, -0.25) is 0 Å². The van der Waals surface area contributed by atoms with Crippen molar-refractivity contribution in [3.8, 4) is 0 Å². The van der Waals surface area contributed by atoms with E-state index in [1.54, 1.807) is 13.2 Å². The first-order valence-electron chi connectivity index (χ1n) is 3.04. The fraction of sp³-hybridized carbons (Fsp3) is 0.571. The van der Waals surface area contributed by atoms with Crippen molar-refractivity contribution >= 4 is 5.97 Å². The summed E-state index contributed by atoms with van der Waals surface area (Å²) in [7, 11) is 2.97. The van der Waals surface area contributed by atoms with Gasteiger partial charge in [-0.25, -0.2) is 4.79 Å². The molecule has 0 saturated carbocycles. The highest BCUT2D eigenvalue weighted by atomic mass is 16.5. The van der Waals surface area contributed by atoms with E-state index in [9.17, 15) is 4.79 Å². The molecule has 0 aromatic rings. The Labute approximate surface area is 60.6 Å². The van der Waals surface area contributed by atoms with Gasteiger partial charge in [0.2, 0.25) is 0 Å². The molecule has 0 aliphatic heterocycles. The van der Waals surface area contributed by atoms with Crippen molar-refractivity contribution in [3.05, 3.63) is 12.2 Å². The molecule has 0 radical (unpaired) electrons. The molecule has 0 unspecified atom stereocenters. The predicted molar refractivity (Wildman–Crippen MR) is 37.6 cm³/mol. The summed E-state index contributed by atoms with van der Waals surface area (Å²) >= 11 is 0. The number of ether oxygens (including phenoxy) is 2. The van der Waals surface area contributed by atoms with E-state index >= 15 is 0 Å². The van der Waals surface area contributed by atoms with E-state index in [0.29, 0.717) is 6.61 Å². The quantitative estimate of drug-likeness (QED) is 0.332. The zero-order valence-corrected chi connectivity index (χ0v) is 6.29. The third-order valence-corrected chi connectivity index (χ3v) is 0.944. The molecule has 58 valence electrons. The normalized spacial score (nSPS) is 10.2. The Bertz CT molecular complexity index is 118. The van der Waals surface area contributed by atoms with Crippen LogP contribution < -0.4 is 0 Å². The number of rotatable bonds is 4. The minimum atomic E-state index is -0.323. The Balaban J connectivity index is 3.27. The number of hydrogen-bond acceptors (Lipinski definition) is 3. The lowest BCUT2D eigenvalue weighted by molar-refractivity contribution is -0.134. The molecule has 0 aromatic heterocycles. The Kier molecular flexibility index (Phi) is 5.77. The van der Waals surface area contributed by atoms with Crippen LogP contribution in [0.15, 0.2) is 12.2 Å². The van der Waals surface area contributed by atoms with Crippen molar-refractivity contribution < 1.29 is 14.3 Å². The summed E-state index contributed by atoms with van der Waals surface area (Å²) in [4.78, 5) is 10.4. The third kappa shape index (κ3) is 5.31. The van der Waals surface area contributed by atoms with Crippen molar-refractivity contribution in [2.45, 2.75) is 6.42 Å². The van der Waals surface area contributed by atoms with Crippen LogP contribution in [-0.2, 0) is 14.3 Å². The van der Waals surface area contributed by atoms with Gasteiger partial charge in [-0.05, 0) is 6.42 Å². The van der Waals surface area contributed by atoms with Gasteiger partial charge in [-0.2, -0.15) is 0 Å². The van der Waals surface area contributed by atoms with Gasteiger partial charge in [-0.1, -0.05) is 6.08 Å². The maximum atomic E-state index is 10.4. The third-order valence-electron chi connectivity index (χ3n) is 0.944. The predicted octanol–water partition coefficient (Wildman–Crippen LogP) is 0.752. The van der Waals surface area contributed by atoms with Gasteiger partial charge in [0.1, 0.15) is 0 Å². The van der Waals surface area contributed by atoms with Crippen molar-refractivity contribution in [2.75, 3.05) is 20.8 Å². The van der Waals surface area contributed by atoms with Crippen LogP contribution in [0.1, 0.15) is 6.42 Å². The van der Waals surface area contributed by atoms with Crippen LogP contribution in [0.5, 0.6) is 0 Å². The standard InChI is InChI=1S/C7H12O3/c1-9-6-4-3-5-7(8)10-2/h3,5H,4,6H2,1-2H3/b5-3+. The molecule has 0 rings (SSSR count). The Morgan fingerprint density at radius 3 is 2.70 bits per heavy atom. The van der Waals surface area contributed by atoms with Gasteiger partial charge in [0.15, 0.2) is 0 Å². The van der Waals surface area contributed by atoms with Crippen LogP contribution in [0.2, 0.25) is 0 Å². The molecule has 0 N–H and O–H groups in total. The summed E-state index contributed by atoms with van der Waals surface area (Å²) in [6, 6.07) is 0. The van der Waals surface area contributed by atoms with E-state index in [-0.39, 0.29) is 5.97 Å². The summed E-state index contributed by atoms with van der Waals surface area (Å²) in [5.41, 5.74) is 0. The van der Waals surface area contributed by atoms with Crippen molar-refractivity contribution in [3.63, 3.8) is 0 Å². The molecule has 10 heavy (non-hydrogen) atoms. The maximum absolute atomic E-state index is 10.4. The van der Waals surface area contributed by atoms with E-state index in [2.05, 4.69) is 4.74 Å². The molecular formula is C7H12O3. The number of methoxy groups -OCH3 is 2. The van der Waals surface area contributed by atoms with Crippen LogP contribution in [0.4, 0.5) is 0 Å². The fourth-order valence-electron chi connectivity index (χ4n) is 0.433. The van der Waals surface area contributed by atoms with Crippen molar-refractivity contribution in [1.82, 2.24) is 0 Å². The largest absolute Gasteiger partial charge is 0.466 e. The van der Waals surface area contributed by atoms with Gasteiger partial charge in [-0.15, -0.1) is 0 Å². The molecule has 3 nitrogen and oxygen atoms in total. The van der Waals surface area contributed by atoms with E-state index in [0.717, 1.165) is 6.42 Å². The average molecular weight is 144 g/mol. The maximum Gasteiger partial charge on any atom is 0.330 e. The number of esters is 1. The first kappa shape index (κ1) is 9.17. The minimum absolute atomic E-state index is 0.323. The smallest absolute Gasteiger partial charge is 0.330 e. The highest BCUT2D eigenvalue weighted by molar-refractivity contribution is 5.81. The van der Waals surface area contributed by atoms with E-state index < -0.39 is 0 Å². The van der Waals surface area contributed by atoms with Gasteiger partial charge in [0, 0.05) is 19.8 Å².